The highest BCUT2D eigenvalue weighted by atomic mass is 19.1. The first-order valence-electron chi connectivity index (χ1n) is 5.96. The smallest absolute Gasteiger partial charge is 0.129 e. The zero-order chi connectivity index (χ0) is 13.8. The molecule has 4 heteroatoms. The maximum atomic E-state index is 13.6. The third-order valence-electron chi connectivity index (χ3n) is 2.87. The number of aryl methyl sites for hydroxylation is 1. The summed E-state index contributed by atoms with van der Waals surface area (Å²) < 4.78 is 32.0. The predicted octanol–water partition coefficient (Wildman–Crippen LogP) is 3.31. The van der Waals surface area contributed by atoms with Crippen LogP contribution in [0, 0.1) is 18.6 Å². The van der Waals surface area contributed by atoms with Crippen molar-refractivity contribution < 1.29 is 13.5 Å². The molecule has 100 valence electrons. The van der Waals surface area contributed by atoms with Crippen molar-refractivity contribution in [3.8, 4) is 5.75 Å². The van der Waals surface area contributed by atoms with Crippen LogP contribution in [0.25, 0.3) is 0 Å². The minimum absolute atomic E-state index is 0.0894. The average molecular weight is 263 g/mol. The molecule has 19 heavy (non-hydrogen) atoms. The summed E-state index contributed by atoms with van der Waals surface area (Å²) in [5, 5.41) is 0. The van der Waals surface area contributed by atoms with Crippen LogP contribution in [-0.4, -0.2) is 0 Å². The Kier molecular flexibility index (Phi) is 4.12. The van der Waals surface area contributed by atoms with Crippen LogP contribution in [0.4, 0.5) is 8.78 Å². The molecule has 2 aromatic rings. The van der Waals surface area contributed by atoms with Crippen LogP contribution in [0.15, 0.2) is 36.4 Å². The molecule has 0 aromatic heterocycles. The van der Waals surface area contributed by atoms with E-state index in [1.54, 1.807) is 19.1 Å². The largest absolute Gasteiger partial charge is 0.489 e. The van der Waals surface area contributed by atoms with Crippen LogP contribution >= 0.6 is 0 Å². The molecule has 0 unspecified atom stereocenters. The molecule has 0 aliphatic carbocycles. The molecule has 0 amide bonds. The summed E-state index contributed by atoms with van der Waals surface area (Å²) in [4.78, 5) is 0. The molecule has 0 aliphatic heterocycles. The maximum Gasteiger partial charge on any atom is 0.129 e. The molecule has 0 saturated heterocycles. The first-order chi connectivity index (χ1) is 9.10. The second-order valence-electron chi connectivity index (χ2n) is 4.33. The van der Waals surface area contributed by atoms with Crippen LogP contribution < -0.4 is 10.5 Å². The van der Waals surface area contributed by atoms with Crippen molar-refractivity contribution in [3.63, 3.8) is 0 Å². The van der Waals surface area contributed by atoms with Crippen molar-refractivity contribution in [3.05, 3.63) is 64.7 Å². The topological polar surface area (TPSA) is 35.2 Å². The number of nitrogens with two attached hydrogens (primary N) is 1. The Morgan fingerprint density at radius 2 is 1.89 bits per heavy atom. The summed E-state index contributed by atoms with van der Waals surface area (Å²) in [7, 11) is 0. The van der Waals surface area contributed by atoms with E-state index in [1.807, 2.05) is 0 Å². The molecule has 0 heterocycles. The predicted molar refractivity (Wildman–Crippen MR) is 69.8 cm³/mol. The molecule has 2 N–H and O–H groups in total. The SMILES string of the molecule is Cc1cc(F)ccc1OCc1cc(CN)ccc1F. The van der Waals surface area contributed by atoms with E-state index in [0.29, 0.717) is 23.4 Å². The average Bonchev–Trinajstić information content (AvgIpc) is 2.39. The Morgan fingerprint density at radius 1 is 1.11 bits per heavy atom. The molecule has 0 bridgehead atoms. The lowest BCUT2D eigenvalue weighted by Crippen LogP contribution is -2.03. The number of hydrogen-bond donors (Lipinski definition) is 1. The van der Waals surface area contributed by atoms with Crippen LogP contribution in [-0.2, 0) is 13.2 Å². The van der Waals surface area contributed by atoms with E-state index in [4.69, 9.17) is 10.5 Å². The summed E-state index contributed by atoms with van der Waals surface area (Å²) in [5.74, 6) is -0.114. The van der Waals surface area contributed by atoms with Crippen LogP contribution in [0.1, 0.15) is 16.7 Å². The third kappa shape index (κ3) is 3.29. The molecule has 0 aliphatic rings. The van der Waals surface area contributed by atoms with Gasteiger partial charge in [-0.15, -0.1) is 0 Å². The van der Waals surface area contributed by atoms with E-state index < -0.39 is 0 Å². The van der Waals surface area contributed by atoms with Crippen LogP contribution in [0.2, 0.25) is 0 Å². The third-order valence-corrected chi connectivity index (χ3v) is 2.87. The lowest BCUT2D eigenvalue weighted by Gasteiger charge is -2.10. The first kappa shape index (κ1) is 13.5. The zero-order valence-corrected chi connectivity index (χ0v) is 10.6. The van der Waals surface area contributed by atoms with Gasteiger partial charge < -0.3 is 10.5 Å². The van der Waals surface area contributed by atoms with Gasteiger partial charge >= 0.3 is 0 Å². The highest BCUT2D eigenvalue weighted by molar-refractivity contribution is 5.33. The fourth-order valence-corrected chi connectivity index (χ4v) is 1.80. The summed E-state index contributed by atoms with van der Waals surface area (Å²) in [6, 6.07) is 8.92. The van der Waals surface area contributed by atoms with Gasteiger partial charge in [-0.2, -0.15) is 0 Å². The van der Waals surface area contributed by atoms with E-state index in [0.717, 1.165) is 5.56 Å². The van der Waals surface area contributed by atoms with E-state index in [2.05, 4.69) is 0 Å². The van der Waals surface area contributed by atoms with Gasteiger partial charge in [-0.25, -0.2) is 8.78 Å². The van der Waals surface area contributed by atoms with Gasteiger partial charge in [0.05, 0.1) is 0 Å². The maximum absolute atomic E-state index is 13.6. The molecule has 2 rings (SSSR count). The van der Waals surface area contributed by atoms with Gasteiger partial charge in [-0.05, 0) is 48.4 Å². The number of halogens is 2. The van der Waals surface area contributed by atoms with Gasteiger partial charge in [0.25, 0.3) is 0 Å². The molecule has 0 saturated carbocycles. The highest BCUT2D eigenvalue weighted by Crippen LogP contribution is 2.20. The van der Waals surface area contributed by atoms with Gasteiger partial charge in [-0.3, -0.25) is 0 Å². The summed E-state index contributed by atoms with van der Waals surface area (Å²) in [6.07, 6.45) is 0. The Morgan fingerprint density at radius 3 is 2.58 bits per heavy atom. The number of rotatable bonds is 4. The summed E-state index contributed by atoms with van der Waals surface area (Å²) >= 11 is 0. The summed E-state index contributed by atoms with van der Waals surface area (Å²) in [6.45, 7) is 2.18. The normalized spacial score (nSPS) is 10.5. The molecular formula is C15H15F2NO. The number of ether oxygens (including phenoxy) is 1. The van der Waals surface area contributed by atoms with E-state index in [1.165, 1.54) is 24.3 Å². The van der Waals surface area contributed by atoms with E-state index in [-0.39, 0.29) is 18.2 Å². The Hall–Kier alpha value is -1.94. The van der Waals surface area contributed by atoms with Crippen molar-refractivity contribution in [2.24, 2.45) is 5.73 Å². The fraction of sp³-hybridized carbons (Fsp3) is 0.200. The quantitative estimate of drug-likeness (QED) is 0.918. The molecule has 2 nitrogen and oxygen atoms in total. The Balaban J connectivity index is 2.14. The number of hydrogen-bond acceptors (Lipinski definition) is 2. The fourth-order valence-electron chi connectivity index (χ4n) is 1.80. The van der Waals surface area contributed by atoms with E-state index in [9.17, 15) is 8.78 Å². The summed E-state index contributed by atoms with van der Waals surface area (Å²) in [5.41, 5.74) is 7.47. The second kappa shape index (κ2) is 5.80. The van der Waals surface area contributed by atoms with E-state index >= 15 is 0 Å². The van der Waals surface area contributed by atoms with Crippen LogP contribution in [0.5, 0.6) is 5.75 Å². The second-order valence-corrected chi connectivity index (χ2v) is 4.33. The zero-order valence-electron chi connectivity index (χ0n) is 10.6. The lowest BCUT2D eigenvalue weighted by molar-refractivity contribution is 0.297. The highest BCUT2D eigenvalue weighted by Gasteiger charge is 2.06. The number of benzene rings is 2. The monoisotopic (exact) mass is 263 g/mol. The molecule has 2 aromatic carbocycles. The van der Waals surface area contributed by atoms with Crippen molar-refractivity contribution in [2.75, 3.05) is 0 Å². The molecule has 0 radical (unpaired) electrons. The van der Waals surface area contributed by atoms with Crippen molar-refractivity contribution >= 4 is 0 Å². The van der Waals surface area contributed by atoms with Crippen LogP contribution in [0.3, 0.4) is 0 Å². The first-order valence-corrected chi connectivity index (χ1v) is 5.96. The van der Waals surface area contributed by atoms with Crippen molar-refractivity contribution in [1.29, 1.82) is 0 Å². The van der Waals surface area contributed by atoms with Crippen molar-refractivity contribution in [2.45, 2.75) is 20.1 Å². The lowest BCUT2D eigenvalue weighted by atomic mass is 10.1. The molecule has 0 spiro atoms. The molecular weight excluding hydrogens is 248 g/mol. The van der Waals surface area contributed by atoms with Crippen molar-refractivity contribution in [1.82, 2.24) is 0 Å². The Bertz CT molecular complexity index is 584. The van der Waals surface area contributed by atoms with Gasteiger partial charge in [0.15, 0.2) is 0 Å². The van der Waals surface area contributed by atoms with Gasteiger partial charge in [0.2, 0.25) is 0 Å². The molecule has 0 fully saturated rings. The molecule has 0 atom stereocenters. The standard InChI is InChI=1S/C15H15F2NO/c1-10-6-13(16)3-5-15(10)19-9-12-7-11(8-18)2-4-14(12)17/h2-7H,8-9,18H2,1H3. The van der Waals surface area contributed by atoms with Gasteiger partial charge in [0.1, 0.15) is 24.0 Å². The van der Waals surface area contributed by atoms with Gasteiger partial charge in [0, 0.05) is 12.1 Å². The Labute approximate surface area is 110 Å². The van der Waals surface area contributed by atoms with Gasteiger partial charge in [-0.1, -0.05) is 6.07 Å². The minimum atomic E-state index is -0.336. The minimum Gasteiger partial charge on any atom is -0.489 e.